The van der Waals surface area contributed by atoms with E-state index in [9.17, 15) is 14.7 Å². The SMILES string of the molecule is CCNCC(=O)N1CCC(CC)(C(=O)O)C1. The van der Waals surface area contributed by atoms with Gasteiger partial charge in [0.15, 0.2) is 0 Å². The van der Waals surface area contributed by atoms with Crippen LogP contribution in [0.2, 0.25) is 0 Å². The number of nitrogens with one attached hydrogen (secondary N) is 1. The standard InChI is InChI=1S/C11H20N2O3/c1-3-11(10(15)16)5-6-13(8-11)9(14)7-12-4-2/h12H,3-8H2,1-2H3,(H,15,16). The number of carbonyl (C=O) groups excluding carboxylic acids is 1. The van der Waals surface area contributed by atoms with Crippen molar-refractivity contribution in [3.63, 3.8) is 0 Å². The van der Waals surface area contributed by atoms with Gasteiger partial charge in [0, 0.05) is 13.1 Å². The van der Waals surface area contributed by atoms with Crippen molar-refractivity contribution in [1.82, 2.24) is 10.2 Å². The topological polar surface area (TPSA) is 69.6 Å². The largest absolute Gasteiger partial charge is 0.481 e. The molecule has 1 rings (SSSR count). The van der Waals surface area contributed by atoms with Crippen LogP contribution in [-0.4, -0.2) is 48.1 Å². The van der Waals surface area contributed by atoms with Crippen molar-refractivity contribution in [3.8, 4) is 0 Å². The molecule has 2 N–H and O–H groups in total. The molecule has 5 nitrogen and oxygen atoms in total. The number of likely N-dealkylation sites (tertiary alicyclic amines) is 1. The average molecular weight is 228 g/mol. The van der Waals surface area contributed by atoms with Crippen LogP contribution in [0.3, 0.4) is 0 Å². The molecule has 0 saturated carbocycles. The lowest BCUT2D eigenvalue weighted by Crippen LogP contribution is -2.40. The highest BCUT2D eigenvalue weighted by molar-refractivity contribution is 5.81. The Bertz CT molecular complexity index is 280. The van der Waals surface area contributed by atoms with Gasteiger partial charge in [0.25, 0.3) is 0 Å². The van der Waals surface area contributed by atoms with E-state index in [0.29, 0.717) is 32.5 Å². The van der Waals surface area contributed by atoms with E-state index in [2.05, 4.69) is 5.32 Å². The lowest BCUT2D eigenvalue weighted by atomic mass is 9.84. The average Bonchev–Trinajstić information content (AvgIpc) is 2.71. The van der Waals surface area contributed by atoms with Crippen LogP contribution in [0.25, 0.3) is 0 Å². The molecule has 0 aliphatic carbocycles. The van der Waals surface area contributed by atoms with E-state index in [-0.39, 0.29) is 5.91 Å². The van der Waals surface area contributed by atoms with Crippen molar-refractivity contribution in [2.24, 2.45) is 5.41 Å². The minimum Gasteiger partial charge on any atom is -0.481 e. The van der Waals surface area contributed by atoms with E-state index in [1.807, 2.05) is 13.8 Å². The molecule has 1 saturated heterocycles. The molecule has 0 aromatic carbocycles. The first kappa shape index (κ1) is 13.0. The molecule has 1 amide bonds. The molecule has 0 radical (unpaired) electrons. The lowest BCUT2D eigenvalue weighted by Gasteiger charge is -2.23. The van der Waals surface area contributed by atoms with Gasteiger partial charge in [0.2, 0.25) is 5.91 Å². The minimum atomic E-state index is -0.784. The molecule has 92 valence electrons. The third kappa shape index (κ3) is 2.52. The second-order valence-corrected chi connectivity index (χ2v) is 4.28. The van der Waals surface area contributed by atoms with E-state index in [1.54, 1.807) is 4.90 Å². The summed E-state index contributed by atoms with van der Waals surface area (Å²) >= 11 is 0. The van der Waals surface area contributed by atoms with Gasteiger partial charge in [0.05, 0.1) is 12.0 Å². The van der Waals surface area contributed by atoms with Gasteiger partial charge < -0.3 is 15.3 Å². The first-order chi connectivity index (χ1) is 7.55. The van der Waals surface area contributed by atoms with Crippen molar-refractivity contribution in [2.45, 2.75) is 26.7 Å². The monoisotopic (exact) mass is 228 g/mol. The third-order valence-corrected chi connectivity index (χ3v) is 3.36. The predicted molar refractivity (Wildman–Crippen MR) is 60.1 cm³/mol. The normalized spacial score (nSPS) is 24.8. The number of carboxylic acids is 1. The molecular formula is C11H20N2O3. The second-order valence-electron chi connectivity index (χ2n) is 4.28. The Morgan fingerprint density at radius 3 is 2.56 bits per heavy atom. The maximum Gasteiger partial charge on any atom is 0.311 e. The minimum absolute atomic E-state index is 0.00146. The Hall–Kier alpha value is -1.10. The van der Waals surface area contributed by atoms with Crippen LogP contribution in [0.15, 0.2) is 0 Å². The quantitative estimate of drug-likeness (QED) is 0.710. The van der Waals surface area contributed by atoms with Gasteiger partial charge in [-0.15, -0.1) is 0 Å². The molecule has 1 atom stereocenters. The van der Waals surface area contributed by atoms with Crippen LogP contribution in [0.4, 0.5) is 0 Å². The summed E-state index contributed by atoms with van der Waals surface area (Å²) in [6.45, 7) is 5.76. The fourth-order valence-electron chi connectivity index (χ4n) is 2.04. The van der Waals surface area contributed by atoms with Crippen LogP contribution in [0.5, 0.6) is 0 Å². The maximum absolute atomic E-state index is 11.7. The maximum atomic E-state index is 11.7. The molecule has 0 aromatic rings. The van der Waals surface area contributed by atoms with E-state index in [4.69, 9.17) is 0 Å². The van der Waals surface area contributed by atoms with Gasteiger partial charge in [-0.3, -0.25) is 9.59 Å². The number of amides is 1. The van der Waals surface area contributed by atoms with E-state index >= 15 is 0 Å². The first-order valence-electron chi connectivity index (χ1n) is 5.77. The fraction of sp³-hybridized carbons (Fsp3) is 0.818. The molecule has 0 aromatic heterocycles. The number of rotatable bonds is 5. The summed E-state index contributed by atoms with van der Waals surface area (Å²) in [5.41, 5.74) is -0.720. The van der Waals surface area contributed by atoms with Crippen LogP contribution >= 0.6 is 0 Å². The Morgan fingerprint density at radius 1 is 1.44 bits per heavy atom. The smallest absolute Gasteiger partial charge is 0.311 e. The molecule has 1 aliphatic rings. The summed E-state index contributed by atoms with van der Waals surface area (Å²) < 4.78 is 0. The molecule has 5 heteroatoms. The fourth-order valence-corrected chi connectivity index (χ4v) is 2.04. The number of hydrogen-bond acceptors (Lipinski definition) is 3. The Labute approximate surface area is 95.8 Å². The van der Waals surface area contributed by atoms with Crippen molar-refractivity contribution < 1.29 is 14.7 Å². The van der Waals surface area contributed by atoms with Crippen LogP contribution in [-0.2, 0) is 9.59 Å². The highest BCUT2D eigenvalue weighted by Gasteiger charge is 2.44. The van der Waals surface area contributed by atoms with Crippen molar-refractivity contribution in [2.75, 3.05) is 26.2 Å². The van der Waals surface area contributed by atoms with Crippen molar-refractivity contribution in [3.05, 3.63) is 0 Å². The van der Waals surface area contributed by atoms with Gasteiger partial charge in [-0.1, -0.05) is 13.8 Å². The van der Waals surface area contributed by atoms with Gasteiger partial charge >= 0.3 is 5.97 Å². The zero-order valence-electron chi connectivity index (χ0n) is 9.95. The number of hydrogen-bond donors (Lipinski definition) is 2. The Kier molecular flexibility index (Phi) is 4.29. The zero-order chi connectivity index (χ0) is 12.2. The van der Waals surface area contributed by atoms with Gasteiger partial charge in [0.1, 0.15) is 0 Å². The summed E-state index contributed by atoms with van der Waals surface area (Å²) in [7, 11) is 0. The zero-order valence-corrected chi connectivity index (χ0v) is 9.95. The van der Waals surface area contributed by atoms with Crippen molar-refractivity contribution >= 4 is 11.9 Å². The predicted octanol–water partition coefficient (Wildman–Crippen LogP) is 0.309. The third-order valence-electron chi connectivity index (χ3n) is 3.36. The van der Waals surface area contributed by atoms with Gasteiger partial charge in [-0.2, -0.15) is 0 Å². The van der Waals surface area contributed by atoms with E-state index in [0.717, 1.165) is 6.54 Å². The number of aliphatic carboxylic acids is 1. The molecule has 1 heterocycles. The molecule has 1 fully saturated rings. The summed E-state index contributed by atoms with van der Waals surface area (Å²) in [4.78, 5) is 24.5. The number of nitrogens with zero attached hydrogens (tertiary/aromatic N) is 1. The molecule has 0 spiro atoms. The van der Waals surface area contributed by atoms with E-state index < -0.39 is 11.4 Å². The van der Waals surface area contributed by atoms with E-state index in [1.165, 1.54) is 0 Å². The van der Waals surface area contributed by atoms with Crippen LogP contribution in [0.1, 0.15) is 26.7 Å². The summed E-state index contributed by atoms with van der Waals surface area (Å²) in [5.74, 6) is -0.785. The molecular weight excluding hydrogens is 208 g/mol. The van der Waals surface area contributed by atoms with Gasteiger partial charge in [-0.25, -0.2) is 0 Å². The molecule has 1 aliphatic heterocycles. The number of carboxylic acid groups (broad SMARTS) is 1. The van der Waals surface area contributed by atoms with Gasteiger partial charge in [-0.05, 0) is 19.4 Å². The number of likely N-dealkylation sites (N-methyl/N-ethyl adjacent to an activating group) is 1. The summed E-state index contributed by atoms with van der Waals surface area (Å²) in [5, 5.41) is 12.1. The van der Waals surface area contributed by atoms with Crippen LogP contribution < -0.4 is 5.32 Å². The van der Waals surface area contributed by atoms with Crippen LogP contribution in [0, 0.1) is 5.41 Å². The lowest BCUT2D eigenvalue weighted by molar-refractivity contribution is -0.148. The highest BCUT2D eigenvalue weighted by Crippen LogP contribution is 2.34. The second kappa shape index (κ2) is 5.30. The number of carbonyl (C=O) groups is 2. The Balaban J connectivity index is 2.57. The molecule has 0 bridgehead atoms. The summed E-state index contributed by atoms with van der Waals surface area (Å²) in [6, 6.07) is 0. The Morgan fingerprint density at radius 2 is 2.12 bits per heavy atom. The first-order valence-corrected chi connectivity index (χ1v) is 5.77. The van der Waals surface area contributed by atoms with Crippen molar-refractivity contribution in [1.29, 1.82) is 0 Å². The summed E-state index contributed by atoms with van der Waals surface area (Å²) in [6.07, 6.45) is 1.14. The molecule has 1 unspecified atom stereocenters. The highest BCUT2D eigenvalue weighted by atomic mass is 16.4. The molecule has 16 heavy (non-hydrogen) atoms.